The Kier molecular flexibility index (Phi) is 3.44. The summed E-state index contributed by atoms with van der Waals surface area (Å²) in [5.41, 5.74) is 0.946. The average Bonchev–Trinajstić information content (AvgIpc) is 2.46. The molecule has 0 amide bonds. The highest BCUT2D eigenvalue weighted by atomic mass is 32.2. The Labute approximate surface area is 126 Å². The maximum atomic E-state index is 12.0. The highest BCUT2D eigenvalue weighted by Crippen LogP contribution is 2.24. The fraction of sp³-hybridized carbons (Fsp3) is 0. The summed E-state index contributed by atoms with van der Waals surface area (Å²) in [7, 11) is -4.06. The Hall–Kier alpha value is -2.64. The van der Waals surface area contributed by atoms with E-state index in [2.05, 4.69) is 4.18 Å². The molecule has 0 aliphatic heterocycles. The molecule has 0 aliphatic carbocycles. The highest BCUT2D eigenvalue weighted by molar-refractivity contribution is 7.84. The quantitative estimate of drug-likeness (QED) is 0.797. The Morgan fingerprint density at radius 2 is 1.68 bits per heavy atom. The molecule has 0 unspecified atom stereocenters. The number of fused-ring (bicyclic) bond motifs is 1. The van der Waals surface area contributed by atoms with Crippen LogP contribution in [0.2, 0.25) is 0 Å². The summed E-state index contributed by atoms with van der Waals surface area (Å²) in [6, 6.07) is 14.3. The molecule has 0 aliphatic rings. The summed E-state index contributed by atoms with van der Waals surface area (Å²) in [5.74, 6) is 0.459. The van der Waals surface area contributed by atoms with Crippen molar-refractivity contribution in [3.8, 4) is 17.1 Å². The Bertz CT molecular complexity index is 990. The molecule has 1 aromatic heterocycles. The fourth-order valence-corrected chi connectivity index (χ4v) is 2.43. The summed E-state index contributed by atoms with van der Waals surface area (Å²) < 4.78 is 31.9. The molecule has 0 bridgehead atoms. The van der Waals surface area contributed by atoms with Gasteiger partial charge in [-0.15, -0.1) is 0 Å². The first-order valence-electron chi connectivity index (χ1n) is 6.28. The second-order valence-corrected chi connectivity index (χ2v) is 5.72. The summed E-state index contributed by atoms with van der Waals surface area (Å²) in [6.45, 7) is 0. The molecule has 0 saturated heterocycles. The molecule has 2 aromatic carbocycles. The van der Waals surface area contributed by atoms with Crippen molar-refractivity contribution in [3.05, 3.63) is 64.8 Å². The van der Waals surface area contributed by atoms with Gasteiger partial charge in [-0.25, -0.2) is 0 Å². The lowest BCUT2D eigenvalue weighted by molar-refractivity contribution is 0.488. The van der Waals surface area contributed by atoms with Gasteiger partial charge < -0.3 is 8.60 Å². The average molecular weight is 317 g/mol. The molecule has 1 heterocycles. The van der Waals surface area contributed by atoms with Crippen LogP contribution in [0.1, 0.15) is 0 Å². The molecular formula is C15H11NO5S. The number of rotatable bonds is 3. The molecule has 2 N–H and O–H groups in total. The normalized spacial score (nSPS) is 11.5. The second kappa shape index (κ2) is 5.28. The summed E-state index contributed by atoms with van der Waals surface area (Å²) in [5, 5.41) is 5.29. The fourth-order valence-electron chi connectivity index (χ4n) is 2.06. The van der Waals surface area contributed by atoms with Gasteiger partial charge in [0.05, 0.1) is 5.39 Å². The molecule has 3 rings (SSSR count). The van der Waals surface area contributed by atoms with Crippen LogP contribution in [0.3, 0.4) is 0 Å². The predicted octanol–water partition coefficient (Wildman–Crippen LogP) is 2.04. The number of hydrogen-bond donors (Lipinski definition) is 1. The van der Waals surface area contributed by atoms with Gasteiger partial charge in [-0.3, -0.25) is 4.79 Å². The zero-order valence-corrected chi connectivity index (χ0v) is 12.0. The van der Waals surface area contributed by atoms with Gasteiger partial charge in [-0.1, -0.05) is 12.1 Å². The lowest BCUT2D eigenvalue weighted by Gasteiger charge is -2.05. The van der Waals surface area contributed by atoms with Crippen LogP contribution in [0.25, 0.3) is 22.3 Å². The number of benzene rings is 2. The van der Waals surface area contributed by atoms with E-state index in [-0.39, 0.29) is 11.2 Å². The lowest BCUT2D eigenvalue weighted by atomic mass is 10.1. The van der Waals surface area contributed by atoms with Crippen molar-refractivity contribution in [1.29, 1.82) is 0 Å². The zero-order chi connectivity index (χ0) is 15.7. The monoisotopic (exact) mass is 317 g/mol. The Balaban J connectivity index is 2.03. The summed E-state index contributed by atoms with van der Waals surface area (Å²) in [6.07, 6.45) is 0. The molecule has 22 heavy (non-hydrogen) atoms. The standard InChI is InChI=1S/C15H11NO5S/c16-22(18,19)21-11-7-5-10(6-8-11)15-9-13(17)12-3-1-2-4-14(12)20-15/h1-9H,(H2,16,18,19). The summed E-state index contributed by atoms with van der Waals surface area (Å²) >= 11 is 0. The van der Waals surface area contributed by atoms with Gasteiger partial charge in [0.25, 0.3) is 0 Å². The highest BCUT2D eigenvalue weighted by Gasteiger charge is 2.08. The van der Waals surface area contributed by atoms with E-state index in [1.54, 1.807) is 36.4 Å². The molecule has 0 saturated carbocycles. The van der Waals surface area contributed by atoms with E-state index in [0.717, 1.165) is 0 Å². The largest absolute Gasteiger partial charge is 0.456 e. The van der Waals surface area contributed by atoms with Crippen molar-refractivity contribution >= 4 is 21.3 Å². The van der Waals surface area contributed by atoms with Gasteiger partial charge in [0.2, 0.25) is 0 Å². The van der Waals surface area contributed by atoms with E-state index in [9.17, 15) is 13.2 Å². The predicted molar refractivity (Wildman–Crippen MR) is 81.7 cm³/mol. The molecule has 0 radical (unpaired) electrons. The van der Waals surface area contributed by atoms with Crippen LogP contribution in [-0.2, 0) is 10.3 Å². The van der Waals surface area contributed by atoms with E-state index >= 15 is 0 Å². The van der Waals surface area contributed by atoms with Gasteiger partial charge >= 0.3 is 10.3 Å². The van der Waals surface area contributed by atoms with E-state index in [4.69, 9.17) is 9.56 Å². The maximum absolute atomic E-state index is 12.0. The van der Waals surface area contributed by atoms with Gasteiger partial charge in [0.1, 0.15) is 17.1 Å². The molecular weight excluding hydrogens is 306 g/mol. The van der Waals surface area contributed by atoms with Crippen LogP contribution in [0.15, 0.2) is 63.8 Å². The molecule has 7 heteroatoms. The summed E-state index contributed by atoms with van der Waals surface area (Å²) in [4.78, 5) is 12.0. The minimum absolute atomic E-state index is 0.0781. The molecule has 0 fully saturated rings. The van der Waals surface area contributed by atoms with E-state index in [1.807, 2.05) is 0 Å². The lowest BCUT2D eigenvalue weighted by Crippen LogP contribution is -2.18. The van der Waals surface area contributed by atoms with Crippen LogP contribution in [0.4, 0.5) is 0 Å². The van der Waals surface area contributed by atoms with Crippen LogP contribution < -0.4 is 14.8 Å². The van der Waals surface area contributed by atoms with E-state index < -0.39 is 10.3 Å². The first-order chi connectivity index (χ1) is 10.4. The van der Waals surface area contributed by atoms with Gasteiger partial charge in [-0.2, -0.15) is 13.6 Å². The van der Waals surface area contributed by atoms with Crippen LogP contribution >= 0.6 is 0 Å². The van der Waals surface area contributed by atoms with Crippen LogP contribution in [-0.4, -0.2) is 8.42 Å². The first kappa shape index (κ1) is 14.3. The zero-order valence-electron chi connectivity index (χ0n) is 11.2. The molecule has 6 nitrogen and oxygen atoms in total. The number of para-hydroxylation sites is 1. The van der Waals surface area contributed by atoms with E-state index in [1.165, 1.54) is 18.2 Å². The smallest absolute Gasteiger partial charge is 0.380 e. The molecule has 0 atom stereocenters. The van der Waals surface area contributed by atoms with Crippen LogP contribution in [0.5, 0.6) is 5.75 Å². The molecule has 0 spiro atoms. The van der Waals surface area contributed by atoms with Crippen molar-refractivity contribution in [2.24, 2.45) is 5.14 Å². The second-order valence-electron chi connectivity index (χ2n) is 4.57. The van der Waals surface area contributed by atoms with Crippen molar-refractivity contribution in [2.45, 2.75) is 0 Å². The maximum Gasteiger partial charge on any atom is 0.380 e. The van der Waals surface area contributed by atoms with Crippen LogP contribution in [0, 0.1) is 0 Å². The van der Waals surface area contributed by atoms with Gasteiger partial charge in [0, 0.05) is 11.6 Å². The van der Waals surface area contributed by atoms with Gasteiger partial charge in [-0.05, 0) is 36.4 Å². The first-order valence-corrected chi connectivity index (χ1v) is 7.75. The van der Waals surface area contributed by atoms with Crippen molar-refractivity contribution in [1.82, 2.24) is 0 Å². The van der Waals surface area contributed by atoms with Gasteiger partial charge in [0.15, 0.2) is 5.43 Å². The Morgan fingerprint density at radius 1 is 1.00 bits per heavy atom. The molecule has 3 aromatic rings. The minimum atomic E-state index is -4.06. The Morgan fingerprint density at radius 3 is 2.36 bits per heavy atom. The van der Waals surface area contributed by atoms with Crippen molar-refractivity contribution in [3.63, 3.8) is 0 Å². The van der Waals surface area contributed by atoms with Crippen molar-refractivity contribution < 1.29 is 17.0 Å². The number of hydrogen-bond acceptors (Lipinski definition) is 5. The minimum Gasteiger partial charge on any atom is -0.456 e. The number of nitrogens with two attached hydrogens (primary N) is 1. The third kappa shape index (κ3) is 3.00. The van der Waals surface area contributed by atoms with E-state index in [0.29, 0.717) is 22.3 Å². The molecule has 112 valence electrons. The van der Waals surface area contributed by atoms with Crippen molar-refractivity contribution in [2.75, 3.05) is 0 Å². The SMILES string of the molecule is NS(=O)(=O)Oc1ccc(-c2cc(=O)c3ccccc3o2)cc1. The third-order valence-corrected chi connectivity index (χ3v) is 3.41. The third-order valence-electron chi connectivity index (χ3n) is 2.99. The topological polar surface area (TPSA) is 99.6 Å².